The normalized spacial score (nSPS) is 47.1. The molecule has 2 rings (SSSR count). The van der Waals surface area contributed by atoms with Crippen LogP contribution in [0.25, 0.3) is 0 Å². The third-order valence-electron chi connectivity index (χ3n) is 2.00. The van der Waals surface area contributed by atoms with Gasteiger partial charge in [0.25, 0.3) is 0 Å². The van der Waals surface area contributed by atoms with Gasteiger partial charge >= 0.3 is 0 Å². The predicted molar refractivity (Wildman–Crippen MR) is 33.2 cm³/mol. The van der Waals surface area contributed by atoms with Crippen molar-refractivity contribution < 1.29 is 14.6 Å². The van der Waals surface area contributed by atoms with Gasteiger partial charge in [-0.25, -0.2) is 0 Å². The molecule has 0 aromatic carbocycles. The molecular weight excluding hydrogens is 134 g/mol. The van der Waals surface area contributed by atoms with Crippen molar-refractivity contribution in [1.82, 2.24) is 5.32 Å². The summed E-state index contributed by atoms with van der Waals surface area (Å²) in [5.41, 5.74) is 0. The molecule has 2 heterocycles. The van der Waals surface area contributed by atoms with Crippen molar-refractivity contribution in [3.05, 3.63) is 0 Å². The van der Waals surface area contributed by atoms with Crippen LogP contribution in [0.4, 0.5) is 0 Å². The third kappa shape index (κ3) is 1.03. The number of rotatable bonds is 0. The van der Waals surface area contributed by atoms with E-state index in [4.69, 9.17) is 14.6 Å². The van der Waals surface area contributed by atoms with Gasteiger partial charge in [-0.15, -0.1) is 0 Å². The molecule has 2 aliphatic heterocycles. The zero-order chi connectivity index (χ0) is 6.97. The molecular formula is C6H11NO3. The molecule has 4 heteroatoms. The second-order valence-electron chi connectivity index (χ2n) is 2.68. The summed E-state index contributed by atoms with van der Waals surface area (Å²) < 4.78 is 10.2. The summed E-state index contributed by atoms with van der Waals surface area (Å²) in [4.78, 5) is 0. The van der Waals surface area contributed by atoms with E-state index >= 15 is 0 Å². The molecule has 3 atom stereocenters. The quantitative estimate of drug-likeness (QED) is 0.461. The van der Waals surface area contributed by atoms with Crippen LogP contribution in [0.5, 0.6) is 0 Å². The summed E-state index contributed by atoms with van der Waals surface area (Å²) in [5, 5.41) is 12.2. The highest BCUT2D eigenvalue weighted by molar-refractivity contribution is 4.84. The van der Waals surface area contributed by atoms with Gasteiger partial charge in [-0.2, -0.15) is 0 Å². The summed E-state index contributed by atoms with van der Waals surface area (Å²) >= 11 is 0. The molecule has 58 valence electrons. The van der Waals surface area contributed by atoms with E-state index in [0.717, 1.165) is 0 Å². The Morgan fingerprint density at radius 1 is 1.40 bits per heavy atom. The third-order valence-corrected chi connectivity index (χ3v) is 2.00. The van der Waals surface area contributed by atoms with E-state index < -0.39 is 6.29 Å². The van der Waals surface area contributed by atoms with Crippen LogP contribution in [0.15, 0.2) is 0 Å². The molecule has 0 aromatic heterocycles. The topological polar surface area (TPSA) is 50.7 Å². The first-order valence-electron chi connectivity index (χ1n) is 3.51. The van der Waals surface area contributed by atoms with Crippen molar-refractivity contribution in [3.8, 4) is 0 Å². The maximum absolute atomic E-state index is 9.04. The molecule has 0 spiro atoms. The summed E-state index contributed by atoms with van der Waals surface area (Å²) in [6, 6.07) is 0.295. The molecule has 2 saturated heterocycles. The van der Waals surface area contributed by atoms with Gasteiger partial charge in [-0.05, 0) is 0 Å². The number of hydrogen-bond acceptors (Lipinski definition) is 4. The second kappa shape index (κ2) is 2.47. The zero-order valence-electron chi connectivity index (χ0n) is 5.62. The fourth-order valence-electron chi connectivity index (χ4n) is 1.40. The fourth-order valence-corrected chi connectivity index (χ4v) is 1.40. The Morgan fingerprint density at radius 3 is 3.20 bits per heavy atom. The Kier molecular flexibility index (Phi) is 1.61. The molecule has 0 aliphatic carbocycles. The molecule has 0 aromatic rings. The van der Waals surface area contributed by atoms with Gasteiger partial charge in [-0.1, -0.05) is 0 Å². The van der Waals surface area contributed by atoms with Gasteiger partial charge < -0.3 is 14.6 Å². The Morgan fingerprint density at radius 2 is 2.30 bits per heavy atom. The first-order chi connectivity index (χ1) is 4.86. The second-order valence-corrected chi connectivity index (χ2v) is 2.68. The van der Waals surface area contributed by atoms with Gasteiger partial charge in [0.2, 0.25) is 0 Å². The van der Waals surface area contributed by atoms with Gasteiger partial charge in [0.1, 0.15) is 0 Å². The van der Waals surface area contributed by atoms with Gasteiger partial charge in [0, 0.05) is 12.5 Å². The van der Waals surface area contributed by atoms with Crippen molar-refractivity contribution in [3.63, 3.8) is 0 Å². The standard InChI is InChI=1S/C6H11NO3/c8-6-1-4-5(2-9-6)10-3-7-4/h4-8H,1-3H2/t4-,5+,6?/m0/s1. The maximum atomic E-state index is 9.04. The van der Waals surface area contributed by atoms with Crippen molar-refractivity contribution in [2.24, 2.45) is 0 Å². The minimum atomic E-state index is -0.601. The van der Waals surface area contributed by atoms with Gasteiger partial charge in [-0.3, -0.25) is 5.32 Å². The average molecular weight is 145 g/mol. The summed E-state index contributed by atoms with van der Waals surface area (Å²) in [6.45, 7) is 1.10. The average Bonchev–Trinajstić information content (AvgIpc) is 2.33. The minimum Gasteiger partial charge on any atom is -0.368 e. The van der Waals surface area contributed by atoms with E-state index in [0.29, 0.717) is 25.8 Å². The Hall–Kier alpha value is -0.160. The van der Waals surface area contributed by atoms with Crippen molar-refractivity contribution in [2.45, 2.75) is 24.9 Å². The first kappa shape index (κ1) is 6.54. The van der Waals surface area contributed by atoms with E-state index in [1.54, 1.807) is 0 Å². The number of fused-ring (bicyclic) bond motifs is 1. The smallest absolute Gasteiger partial charge is 0.156 e. The van der Waals surface area contributed by atoms with E-state index in [9.17, 15) is 0 Å². The van der Waals surface area contributed by atoms with Crippen molar-refractivity contribution >= 4 is 0 Å². The minimum absolute atomic E-state index is 0.156. The van der Waals surface area contributed by atoms with E-state index in [2.05, 4.69) is 5.32 Å². The molecule has 0 radical (unpaired) electrons. The van der Waals surface area contributed by atoms with Crippen LogP contribution in [0.2, 0.25) is 0 Å². The highest BCUT2D eigenvalue weighted by atomic mass is 16.6. The summed E-state index contributed by atoms with van der Waals surface area (Å²) in [6.07, 6.45) is 0.198. The Bertz CT molecular complexity index is 130. The van der Waals surface area contributed by atoms with Crippen LogP contribution in [-0.4, -0.2) is 36.9 Å². The van der Waals surface area contributed by atoms with Gasteiger partial charge in [0.15, 0.2) is 6.29 Å². The largest absolute Gasteiger partial charge is 0.368 e. The van der Waals surface area contributed by atoms with Gasteiger partial charge in [0.05, 0.1) is 19.4 Å². The molecule has 4 nitrogen and oxygen atoms in total. The lowest BCUT2D eigenvalue weighted by Gasteiger charge is -2.27. The van der Waals surface area contributed by atoms with Crippen molar-refractivity contribution in [2.75, 3.05) is 13.3 Å². The molecule has 0 amide bonds. The molecule has 0 bridgehead atoms. The number of nitrogens with one attached hydrogen (secondary N) is 1. The molecule has 2 aliphatic rings. The highest BCUT2D eigenvalue weighted by Gasteiger charge is 2.34. The SMILES string of the molecule is OC1C[C@@H]2NCO[C@@H]2CO1. The monoisotopic (exact) mass is 145 g/mol. The number of aliphatic hydroxyl groups excluding tert-OH is 1. The first-order valence-corrected chi connectivity index (χ1v) is 3.51. The Labute approximate surface area is 59.1 Å². The molecule has 2 fully saturated rings. The maximum Gasteiger partial charge on any atom is 0.156 e. The lowest BCUT2D eigenvalue weighted by molar-refractivity contribution is -0.157. The predicted octanol–water partition coefficient (Wildman–Crippen LogP) is -0.960. The van der Waals surface area contributed by atoms with Crippen LogP contribution < -0.4 is 5.32 Å². The molecule has 0 saturated carbocycles. The summed E-state index contributed by atoms with van der Waals surface area (Å²) in [5.74, 6) is 0. The Balaban J connectivity index is 1.96. The van der Waals surface area contributed by atoms with E-state index in [1.807, 2.05) is 0 Å². The van der Waals surface area contributed by atoms with E-state index in [-0.39, 0.29) is 6.10 Å². The molecule has 1 unspecified atom stereocenters. The van der Waals surface area contributed by atoms with Crippen LogP contribution >= 0.6 is 0 Å². The van der Waals surface area contributed by atoms with E-state index in [1.165, 1.54) is 0 Å². The fraction of sp³-hybridized carbons (Fsp3) is 1.00. The molecule has 10 heavy (non-hydrogen) atoms. The zero-order valence-corrected chi connectivity index (χ0v) is 5.62. The number of hydrogen-bond donors (Lipinski definition) is 2. The van der Waals surface area contributed by atoms with Crippen LogP contribution in [-0.2, 0) is 9.47 Å². The van der Waals surface area contributed by atoms with Crippen LogP contribution in [0, 0.1) is 0 Å². The highest BCUT2D eigenvalue weighted by Crippen LogP contribution is 2.18. The summed E-state index contributed by atoms with van der Waals surface area (Å²) in [7, 11) is 0. The number of aliphatic hydroxyl groups is 1. The van der Waals surface area contributed by atoms with Crippen LogP contribution in [0.1, 0.15) is 6.42 Å². The van der Waals surface area contributed by atoms with Crippen LogP contribution in [0.3, 0.4) is 0 Å². The lowest BCUT2D eigenvalue weighted by Crippen LogP contribution is -2.43. The lowest BCUT2D eigenvalue weighted by atomic mass is 10.1. The molecule has 2 N–H and O–H groups in total. The number of ether oxygens (including phenoxy) is 2. The van der Waals surface area contributed by atoms with Crippen molar-refractivity contribution in [1.29, 1.82) is 0 Å².